The highest BCUT2D eigenvalue weighted by Crippen LogP contribution is 2.32. The summed E-state index contributed by atoms with van der Waals surface area (Å²) in [6, 6.07) is 0. The molecule has 0 aromatic heterocycles. The topological polar surface area (TPSA) is 0 Å². The number of alkyl halides is 2. The second-order valence-corrected chi connectivity index (χ2v) is 5.05. The zero-order chi connectivity index (χ0) is 10.5. The highest BCUT2D eigenvalue weighted by Gasteiger charge is 2.29. The standard InChI is InChI=1S/C11H22ClF/c1-5-7-9(12)8-10(13)11(3,4)6-2/h9-10H,5-8H2,1-4H3. The predicted molar refractivity (Wildman–Crippen MR) is 58.1 cm³/mol. The number of rotatable bonds is 6. The quantitative estimate of drug-likeness (QED) is 0.562. The first-order valence-electron chi connectivity index (χ1n) is 5.22. The summed E-state index contributed by atoms with van der Waals surface area (Å²) < 4.78 is 13.7. The number of hydrogen-bond acceptors (Lipinski definition) is 0. The molecule has 13 heavy (non-hydrogen) atoms. The SMILES string of the molecule is CCCC(Cl)CC(F)C(C)(C)CC. The Hall–Kier alpha value is 0.220. The molecule has 2 atom stereocenters. The lowest BCUT2D eigenvalue weighted by Gasteiger charge is -2.28. The highest BCUT2D eigenvalue weighted by atomic mass is 35.5. The van der Waals surface area contributed by atoms with E-state index in [1.54, 1.807) is 0 Å². The molecule has 0 spiro atoms. The van der Waals surface area contributed by atoms with Gasteiger partial charge in [-0.25, -0.2) is 4.39 Å². The molecule has 0 N–H and O–H groups in total. The van der Waals surface area contributed by atoms with Crippen LogP contribution in [0.4, 0.5) is 4.39 Å². The van der Waals surface area contributed by atoms with Crippen LogP contribution in [0.2, 0.25) is 0 Å². The van der Waals surface area contributed by atoms with Crippen LogP contribution in [0.5, 0.6) is 0 Å². The molecular weight excluding hydrogens is 187 g/mol. The van der Waals surface area contributed by atoms with Gasteiger partial charge in [0.05, 0.1) is 0 Å². The Balaban J connectivity index is 3.91. The van der Waals surface area contributed by atoms with Crippen molar-refractivity contribution in [2.45, 2.75) is 64.9 Å². The Bertz CT molecular complexity index is 134. The van der Waals surface area contributed by atoms with Crippen LogP contribution >= 0.6 is 11.6 Å². The van der Waals surface area contributed by atoms with Gasteiger partial charge >= 0.3 is 0 Å². The van der Waals surface area contributed by atoms with Crippen LogP contribution in [0, 0.1) is 5.41 Å². The monoisotopic (exact) mass is 208 g/mol. The molecule has 0 fully saturated rings. The number of hydrogen-bond donors (Lipinski definition) is 0. The van der Waals surface area contributed by atoms with E-state index in [0.717, 1.165) is 19.3 Å². The molecule has 0 aliphatic heterocycles. The second kappa shape index (κ2) is 5.85. The van der Waals surface area contributed by atoms with Crippen LogP contribution in [0.25, 0.3) is 0 Å². The van der Waals surface area contributed by atoms with Crippen molar-refractivity contribution in [1.29, 1.82) is 0 Å². The van der Waals surface area contributed by atoms with E-state index >= 15 is 0 Å². The number of halogens is 2. The van der Waals surface area contributed by atoms with E-state index in [4.69, 9.17) is 11.6 Å². The smallest absolute Gasteiger partial charge is 0.107 e. The lowest BCUT2D eigenvalue weighted by Crippen LogP contribution is -2.27. The van der Waals surface area contributed by atoms with Crippen molar-refractivity contribution in [2.75, 3.05) is 0 Å². The third kappa shape index (κ3) is 4.85. The van der Waals surface area contributed by atoms with Crippen molar-refractivity contribution >= 4 is 11.6 Å². The third-order valence-electron chi connectivity index (χ3n) is 2.82. The van der Waals surface area contributed by atoms with E-state index in [1.165, 1.54) is 0 Å². The first kappa shape index (κ1) is 13.2. The molecule has 0 nitrogen and oxygen atoms in total. The van der Waals surface area contributed by atoms with Gasteiger partial charge in [0.15, 0.2) is 0 Å². The third-order valence-corrected chi connectivity index (χ3v) is 3.22. The van der Waals surface area contributed by atoms with Crippen LogP contribution in [0.1, 0.15) is 53.4 Å². The molecule has 0 saturated heterocycles. The summed E-state index contributed by atoms with van der Waals surface area (Å²) in [5, 5.41) is 0.00539. The summed E-state index contributed by atoms with van der Waals surface area (Å²) in [6.07, 6.45) is 2.54. The molecule has 0 aromatic carbocycles. The van der Waals surface area contributed by atoms with Gasteiger partial charge in [0.1, 0.15) is 6.17 Å². The summed E-state index contributed by atoms with van der Waals surface area (Å²) in [6.45, 7) is 8.03. The Morgan fingerprint density at radius 2 is 1.85 bits per heavy atom. The molecular formula is C11H22ClF. The molecule has 0 aromatic rings. The van der Waals surface area contributed by atoms with Crippen molar-refractivity contribution in [2.24, 2.45) is 5.41 Å². The van der Waals surface area contributed by atoms with Crippen LogP contribution in [-0.4, -0.2) is 11.5 Å². The molecule has 0 rings (SSSR count). The van der Waals surface area contributed by atoms with Crippen molar-refractivity contribution in [3.63, 3.8) is 0 Å². The minimum absolute atomic E-state index is 0.00539. The Kier molecular flexibility index (Phi) is 5.95. The summed E-state index contributed by atoms with van der Waals surface area (Å²) in [5.41, 5.74) is -0.221. The molecule has 0 heterocycles. The first-order chi connectivity index (χ1) is 5.94. The molecule has 0 aliphatic rings. The average molecular weight is 209 g/mol. The fraction of sp³-hybridized carbons (Fsp3) is 1.00. The zero-order valence-corrected chi connectivity index (χ0v) is 9.99. The van der Waals surface area contributed by atoms with Crippen molar-refractivity contribution in [1.82, 2.24) is 0 Å². The van der Waals surface area contributed by atoms with E-state index in [0.29, 0.717) is 6.42 Å². The predicted octanol–water partition coefficient (Wildman–Crippen LogP) is 4.56. The summed E-state index contributed by atoms with van der Waals surface area (Å²) in [7, 11) is 0. The van der Waals surface area contributed by atoms with Crippen LogP contribution < -0.4 is 0 Å². The van der Waals surface area contributed by atoms with Gasteiger partial charge in [-0.15, -0.1) is 11.6 Å². The fourth-order valence-corrected chi connectivity index (χ4v) is 1.57. The lowest BCUT2D eigenvalue weighted by atomic mass is 9.82. The lowest BCUT2D eigenvalue weighted by molar-refractivity contribution is 0.127. The van der Waals surface area contributed by atoms with Gasteiger partial charge in [0.2, 0.25) is 0 Å². The minimum Gasteiger partial charge on any atom is -0.247 e. The van der Waals surface area contributed by atoms with E-state index in [1.807, 2.05) is 20.8 Å². The Morgan fingerprint density at radius 1 is 1.31 bits per heavy atom. The molecule has 0 aliphatic carbocycles. The molecule has 2 heteroatoms. The summed E-state index contributed by atoms with van der Waals surface area (Å²) >= 11 is 6.00. The molecule has 0 saturated carbocycles. The Labute approximate surface area is 86.9 Å². The molecule has 0 amide bonds. The summed E-state index contributed by atoms with van der Waals surface area (Å²) in [5.74, 6) is 0. The van der Waals surface area contributed by atoms with Gasteiger partial charge in [0, 0.05) is 5.38 Å². The average Bonchev–Trinajstić information content (AvgIpc) is 2.04. The van der Waals surface area contributed by atoms with Gasteiger partial charge < -0.3 is 0 Å². The fourth-order valence-electron chi connectivity index (χ4n) is 1.20. The van der Waals surface area contributed by atoms with E-state index < -0.39 is 6.17 Å². The highest BCUT2D eigenvalue weighted by molar-refractivity contribution is 6.20. The molecule has 0 bridgehead atoms. The first-order valence-corrected chi connectivity index (χ1v) is 5.65. The molecule has 80 valence electrons. The Morgan fingerprint density at radius 3 is 2.23 bits per heavy atom. The van der Waals surface area contributed by atoms with Crippen LogP contribution in [0.3, 0.4) is 0 Å². The van der Waals surface area contributed by atoms with E-state index in [9.17, 15) is 4.39 Å². The van der Waals surface area contributed by atoms with Crippen LogP contribution in [-0.2, 0) is 0 Å². The largest absolute Gasteiger partial charge is 0.247 e. The van der Waals surface area contributed by atoms with Gasteiger partial charge in [0.25, 0.3) is 0 Å². The summed E-state index contributed by atoms with van der Waals surface area (Å²) in [4.78, 5) is 0. The molecule has 0 radical (unpaired) electrons. The second-order valence-electron chi connectivity index (χ2n) is 4.43. The molecule has 2 unspecified atom stereocenters. The van der Waals surface area contributed by atoms with Crippen LogP contribution in [0.15, 0.2) is 0 Å². The van der Waals surface area contributed by atoms with Gasteiger partial charge in [-0.05, 0) is 24.7 Å². The van der Waals surface area contributed by atoms with Gasteiger partial charge in [-0.3, -0.25) is 0 Å². The van der Waals surface area contributed by atoms with E-state index in [2.05, 4.69) is 6.92 Å². The maximum Gasteiger partial charge on any atom is 0.107 e. The van der Waals surface area contributed by atoms with Gasteiger partial charge in [-0.2, -0.15) is 0 Å². The van der Waals surface area contributed by atoms with Crippen molar-refractivity contribution < 1.29 is 4.39 Å². The maximum absolute atomic E-state index is 13.7. The minimum atomic E-state index is -0.772. The van der Waals surface area contributed by atoms with Crippen molar-refractivity contribution in [3.05, 3.63) is 0 Å². The van der Waals surface area contributed by atoms with E-state index in [-0.39, 0.29) is 10.8 Å². The normalized spacial score (nSPS) is 17.1. The van der Waals surface area contributed by atoms with Gasteiger partial charge in [-0.1, -0.05) is 34.1 Å². The zero-order valence-electron chi connectivity index (χ0n) is 9.24. The maximum atomic E-state index is 13.7. The van der Waals surface area contributed by atoms with Crippen molar-refractivity contribution in [3.8, 4) is 0 Å².